The first-order valence-electron chi connectivity index (χ1n) is 5.43. The molecule has 1 rings (SSSR count). The number of nitrogens with zero attached hydrogens (tertiary/aromatic N) is 3. The molecule has 0 fully saturated rings. The molecule has 0 aliphatic heterocycles. The number of hydrogen-bond acceptors (Lipinski definition) is 7. The van der Waals surface area contributed by atoms with E-state index in [1.54, 1.807) is 11.9 Å². The van der Waals surface area contributed by atoms with Gasteiger partial charge in [-0.1, -0.05) is 0 Å². The Morgan fingerprint density at radius 1 is 1.39 bits per heavy atom. The van der Waals surface area contributed by atoms with Crippen LogP contribution in [0, 0.1) is 10.1 Å². The van der Waals surface area contributed by atoms with Gasteiger partial charge in [0.15, 0.2) is 0 Å². The molecule has 0 aromatic carbocycles. The number of pyridine rings is 1. The van der Waals surface area contributed by atoms with Crippen molar-refractivity contribution in [2.24, 2.45) is 0 Å². The first kappa shape index (κ1) is 14.1. The van der Waals surface area contributed by atoms with Crippen molar-refractivity contribution < 1.29 is 15.1 Å². The van der Waals surface area contributed by atoms with Crippen molar-refractivity contribution in [1.82, 2.24) is 4.98 Å². The number of nitrogens with one attached hydrogen (secondary N) is 1. The monoisotopic (exact) mass is 256 g/mol. The van der Waals surface area contributed by atoms with E-state index >= 15 is 0 Å². The standard InChI is InChI=1S/C10H16N4O4/c1-11-9-6-8(14(17)18)7-10(12-9)13(2-4-15)3-5-16/h6-7,15-16H,2-5H2,1H3,(H,11,12). The first-order valence-corrected chi connectivity index (χ1v) is 5.43. The Morgan fingerprint density at radius 2 is 2.00 bits per heavy atom. The summed E-state index contributed by atoms with van der Waals surface area (Å²) in [5, 5.41) is 31.4. The number of nitro groups is 1. The van der Waals surface area contributed by atoms with Gasteiger partial charge in [-0.25, -0.2) is 4.98 Å². The average molecular weight is 256 g/mol. The smallest absolute Gasteiger partial charge is 0.276 e. The van der Waals surface area contributed by atoms with Crippen LogP contribution in [-0.2, 0) is 0 Å². The lowest BCUT2D eigenvalue weighted by molar-refractivity contribution is -0.384. The molecule has 0 unspecified atom stereocenters. The molecule has 0 aliphatic carbocycles. The fourth-order valence-corrected chi connectivity index (χ4v) is 1.48. The third kappa shape index (κ3) is 3.54. The van der Waals surface area contributed by atoms with Crippen LogP contribution in [0.5, 0.6) is 0 Å². The first-order chi connectivity index (χ1) is 8.62. The number of aromatic nitrogens is 1. The van der Waals surface area contributed by atoms with Crippen molar-refractivity contribution in [3.8, 4) is 0 Å². The molecule has 1 aromatic heterocycles. The average Bonchev–Trinajstić information content (AvgIpc) is 2.37. The van der Waals surface area contributed by atoms with Crippen molar-refractivity contribution in [1.29, 1.82) is 0 Å². The Labute approximate surface area is 104 Å². The quantitative estimate of drug-likeness (QED) is 0.458. The van der Waals surface area contributed by atoms with Crippen LogP contribution in [0.15, 0.2) is 12.1 Å². The second kappa shape index (κ2) is 6.72. The zero-order valence-corrected chi connectivity index (χ0v) is 10.0. The van der Waals surface area contributed by atoms with E-state index in [1.165, 1.54) is 12.1 Å². The molecule has 0 spiro atoms. The minimum Gasteiger partial charge on any atom is -0.395 e. The number of anilines is 2. The van der Waals surface area contributed by atoms with E-state index in [4.69, 9.17) is 10.2 Å². The molecule has 1 heterocycles. The van der Waals surface area contributed by atoms with Crippen LogP contribution in [0.1, 0.15) is 0 Å². The minimum absolute atomic E-state index is 0.0924. The van der Waals surface area contributed by atoms with Crippen LogP contribution in [0.2, 0.25) is 0 Å². The summed E-state index contributed by atoms with van der Waals surface area (Å²) in [5.41, 5.74) is -0.0924. The molecule has 3 N–H and O–H groups in total. The summed E-state index contributed by atoms with van der Waals surface area (Å²) in [6.45, 7) is 0.244. The van der Waals surface area contributed by atoms with Gasteiger partial charge in [0.1, 0.15) is 11.6 Å². The van der Waals surface area contributed by atoms with Gasteiger partial charge < -0.3 is 20.4 Å². The molecule has 0 radical (unpaired) electrons. The van der Waals surface area contributed by atoms with Crippen molar-refractivity contribution >= 4 is 17.3 Å². The third-order valence-corrected chi connectivity index (χ3v) is 2.33. The van der Waals surface area contributed by atoms with Crippen LogP contribution in [-0.4, -0.2) is 53.5 Å². The molecule has 8 heteroatoms. The van der Waals surface area contributed by atoms with Crippen LogP contribution < -0.4 is 10.2 Å². The van der Waals surface area contributed by atoms with E-state index in [0.717, 1.165) is 0 Å². The molecule has 0 amide bonds. The van der Waals surface area contributed by atoms with E-state index in [2.05, 4.69) is 10.3 Å². The minimum atomic E-state index is -0.512. The predicted molar refractivity (Wildman–Crippen MR) is 66.8 cm³/mol. The highest BCUT2D eigenvalue weighted by molar-refractivity contribution is 5.55. The van der Waals surface area contributed by atoms with Crippen LogP contribution >= 0.6 is 0 Å². The van der Waals surface area contributed by atoms with Gasteiger partial charge in [-0.3, -0.25) is 10.1 Å². The number of aliphatic hydroxyl groups is 2. The molecule has 0 saturated heterocycles. The highest BCUT2D eigenvalue weighted by atomic mass is 16.6. The van der Waals surface area contributed by atoms with Crippen molar-refractivity contribution in [3.63, 3.8) is 0 Å². The molecule has 0 aliphatic rings. The summed E-state index contributed by atoms with van der Waals surface area (Å²) in [6, 6.07) is 2.63. The lowest BCUT2D eigenvalue weighted by Crippen LogP contribution is -2.30. The van der Waals surface area contributed by atoms with E-state index in [1.807, 2.05) is 0 Å². The second-order valence-electron chi connectivity index (χ2n) is 3.51. The van der Waals surface area contributed by atoms with E-state index in [-0.39, 0.29) is 32.0 Å². The predicted octanol–water partition coefficient (Wildman–Crippen LogP) is -0.178. The van der Waals surface area contributed by atoms with Gasteiger partial charge >= 0.3 is 0 Å². The lowest BCUT2D eigenvalue weighted by atomic mass is 10.3. The van der Waals surface area contributed by atoms with Crippen LogP contribution in [0.3, 0.4) is 0 Å². The topological polar surface area (TPSA) is 112 Å². The summed E-state index contributed by atoms with van der Waals surface area (Å²) in [6.07, 6.45) is 0. The fourth-order valence-electron chi connectivity index (χ4n) is 1.48. The Bertz CT molecular complexity index is 407. The van der Waals surface area contributed by atoms with E-state index in [9.17, 15) is 10.1 Å². The summed E-state index contributed by atoms with van der Waals surface area (Å²) < 4.78 is 0. The van der Waals surface area contributed by atoms with Gasteiger partial charge in [0.05, 0.1) is 30.3 Å². The highest BCUT2D eigenvalue weighted by Gasteiger charge is 2.15. The summed E-state index contributed by atoms with van der Waals surface area (Å²) in [4.78, 5) is 16.0. The van der Waals surface area contributed by atoms with Crippen molar-refractivity contribution in [2.75, 3.05) is 43.6 Å². The van der Waals surface area contributed by atoms with Crippen molar-refractivity contribution in [2.45, 2.75) is 0 Å². The van der Waals surface area contributed by atoms with Gasteiger partial charge in [-0.2, -0.15) is 0 Å². The Balaban J connectivity index is 3.11. The third-order valence-electron chi connectivity index (χ3n) is 2.33. The normalized spacial score (nSPS) is 10.2. The molecule has 18 heavy (non-hydrogen) atoms. The fraction of sp³-hybridized carbons (Fsp3) is 0.500. The van der Waals surface area contributed by atoms with Crippen LogP contribution in [0.4, 0.5) is 17.3 Å². The molecule has 1 aromatic rings. The van der Waals surface area contributed by atoms with Gasteiger partial charge in [-0.15, -0.1) is 0 Å². The maximum Gasteiger partial charge on any atom is 0.276 e. The van der Waals surface area contributed by atoms with Crippen molar-refractivity contribution in [3.05, 3.63) is 22.2 Å². The zero-order chi connectivity index (χ0) is 13.5. The molecule has 8 nitrogen and oxygen atoms in total. The van der Waals surface area contributed by atoms with E-state index < -0.39 is 4.92 Å². The number of hydrogen-bond donors (Lipinski definition) is 3. The number of rotatable bonds is 7. The second-order valence-corrected chi connectivity index (χ2v) is 3.51. The lowest BCUT2D eigenvalue weighted by Gasteiger charge is -2.21. The SMILES string of the molecule is CNc1cc([N+](=O)[O-])cc(N(CCO)CCO)n1. The number of aliphatic hydroxyl groups excluding tert-OH is 2. The summed E-state index contributed by atoms with van der Waals surface area (Å²) in [5.74, 6) is 0.705. The molecule has 0 atom stereocenters. The van der Waals surface area contributed by atoms with Gasteiger partial charge in [0.2, 0.25) is 0 Å². The molecular weight excluding hydrogens is 240 g/mol. The molecule has 100 valence electrons. The Kier molecular flexibility index (Phi) is 5.28. The maximum absolute atomic E-state index is 10.8. The molecular formula is C10H16N4O4. The summed E-state index contributed by atoms with van der Waals surface area (Å²) >= 11 is 0. The molecule has 0 saturated carbocycles. The maximum atomic E-state index is 10.8. The summed E-state index contributed by atoms with van der Waals surface area (Å²) in [7, 11) is 1.61. The van der Waals surface area contributed by atoms with Gasteiger partial charge in [0.25, 0.3) is 5.69 Å². The Hall–Kier alpha value is -1.93. The van der Waals surface area contributed by atoms with Crippen LogP contribution in [0.25, 0.3) is 0 Å². The Morgan fingerprint density at radius 3 is 2.44 bits per heavy atom. The largest absolute Gasteiger partial charge is 0.395 e. The molecule has 0 bridgehead atoms. The van der Waals surface area contributed by atoms with Gasteiger partial charge in [0, 0.05) is 20.1 Å². The highest BCUT2D eigenvalue weighted by Crippen LogP contribution is 2.22. The van der Waals surface area contributed by atoms with Gasteiger partial charge in [-0.05, 0) is 0 Å². The van der Waals surface area contributed by atoms with E-state index in [0.29, 0.717) is 11.6 Å². The zero-order valence-electron chi connectivity index (χ0n) is 10.0.